The Morgan fingerprint density at radius 1 is 1.40 bits per heavy atom. The van der Waals surface area contributed by atoms with Gasteiger partial charge in [0.05, 0.1) is 12.2 Å². The standard InChI is InChI=1S/C11H24N2O2/c1-10(14-2)8-12-5-6-13-9-11-4-3-7-15-11/h10-13H,3-9H2,1-2H3. The van der Waals surface area contributed by atoms with E-state index in [9.17, 15) is 0 Å². The van der Waals surface area contributed by atoms with Crippen LogP contribution in [0.3, 0.4) is 0 Å². The van der Waals surface area contributed by atoms with Crippen molar-refractivity contribution in [3.05, 3.63) is 0 Å². The topological polar surface area (TPSA) is 42.5 Å². The monoisotopic (exact) mass is 216 g/mol. The van der Waals surface area contributed by atoms with E-state index in [0.29, 0.717) is 12.2 Å². The molecule has 1 saturated heterocycles. The maximum atomic E-state index is 5.51. The highest BCUT2D eigenvalue weighted by Crippen LogP contribution is 2.10. The Bertz CT molecular complexity index is 150. The van der Waals surface area contributed by atoms with Gasteiger partial charge < -0.3 is 20.1 Å². The number of ether oxygens (including phenoxy) is 2. The average molecular weight is 216 g/mol. The first-order chi connectivity index (χ1) is 7.33. The molecule has 4 nitrogen and oxygen atoms in total. The van der Waals surface area contributed by atoms with Gasteiger partial charge in [0.25, 0.3) is 0 Å². The second kappa shape index (κ2) is 8.05. The minimum absolute atomic E-state index is 0.295. The molecule has 0 radical (unpaired) electrons. The predicted molar refractivity (Wildman–Crippen MR) is 61.2 cm³/mol. The van der Waals surface area contributed by atoms with Crippen LogP contribution >= 0.6 is 0 Å². The van der Waals surface area contributed by atoms with Crippen molar-refractivity contribution >= 4 is 0 Å². The molecule has 0 spiro atoms. The predicted octanol–water partition coefficient (Wildman–Crippen LogP) is 0.380. The number of methoxy groups -OCH3 is 1. The number of hydrogen-bond acceptors (Lipinski definition) is 4. The summed E-state index contributed by atoms with van der Waals surface area (Å²) in [5.41, 5.74) is 0. The summed E-state index contributed by atoms with van der Waals surface area (Å²) in [6.07, 6.45) is 3.17. The summed E-state index contributed by atoms with van der Waals surface area (Å²) in [5, 5.41) is 6.72. The minimum atomic E-state index is 0.295. The van der Waals surface area contributed by atoms with Crippen LogP contribution in [0.25, 0.3) is 0 Å². The second-order valence-corrected chi connectivity index (χ2v) is 4.09. The normalized spacial score (nSPS) is 23.2. The highest BCUT2D eigenvalue weighted by atomic mass is 16.5. The minimum Gasteiger partial charge on any atom is -0.380 e. The average Bonchev–Trinajstić information content (AvgIpc) is 2.75. The van der Waals surface area contributed by atoms with E-state index in [2.05, 4.69) is 17.6 Å². The Labute approximate surface area is 92.7 Å². The zero-order valence-electron chi connectivity index (χ0n) is 9.92. The van der Waals surface area contributed by atoms with Gasteiger partial charge in [0.1, 0.15) is 0 Å². The Morgan fingerprint density at radius 2 is 2.20 bits per heavy atom. The maximum absolute atomic E-state index is 5.51. The van der Waals surface area contributed by atoms with E-state index in [1.54, 1.807) is 7.11 Å². The van der Waals surface area contributed by atoms with Gasteiger partial charge in [-0.3, -0.25) is 0 Å². The van der Waals surface area contributed by atoms with Crippen molar-refractivity contribution in [1.82, 2.24) is 10.6 Å². The molecule has 15 heavy (non-hydrogen) atoms. The Morgan fingerprint density at radius 3 is 2.87 bits per heavy atom. The molecule has 90 valence electrons. The third-order valence-corrected chi connectivity index (χ3v) is 2.71. The third kappa shape index (κ3) is 6.10. The number of rotatable bonds is 8. The first-order valence-electron chi connectivity index (χ1n) is 5.88. The molecule has 1 rings (SSSR count). The van der Waals surface area contributed by atoms with Crippen molar-refractivity contribution in [3.8, 4) is 0 Å². The van der Waals surface area contributed by atoms with Gasteiger partial charge >= 0.3 is 0 Å². The number of hydrogen-bond donors (Lipinski definition) is 2. The molecule has 2 unspecified atom stereocenters. The Kier molecular flexibility index (Phi) is 6.92. The van der Waals surface area contributed by atoms with Crippen molar-refractivity contribution in [1.29, 1.82) is 0 Å². The molecule has 0 aromatic carbocycles. The van der Waals surface area contributed by atoms with Gasteiger partial charge in [-0.25, -0.2) is 0 Å². The van der Waals surface area contributed by atoms with Crippen LogP contribution in [0, 0.1) is 0 Å². The first kappa shape index (κ1) is 12.9. The van der Waals surface area contributed by atoms with Crippen LogP contribution in [0.5, 0.6) is 0 Å². The largest absolute Gasteiger partial charge is 0.380 e. The molecule has 0 bridgehead atoms. The fourth-order valence-corrected chi connectivity index (χ4v) is 1.63. The fraction of sp³-hybridized carbons (Fsp3) is 1.00. The smallest absolute Gasteiger partial charge is 0.0700 e. The highest BCUT2D eigenvalue weighted by Gasteiger charge is 2.13. The molecular weight excluding hydrogens is 192 g/mol. The summed E-state index contributed by atoms with van der Waals surface area (Å²) in [6, 6.07) is 0. The highest BCUT2D eigenvalue weighted by molar-refractivity contribution is 4.67. The molecule has 1 heterocycles. The third-order valence-electron chi connectivity index (χ3n) is 2.71. The molecule has 1 fully saturated rings. The lowest BCUT2D eigenvalue weighted by molar-refractivity contribution is 0.109. The van der Waals surface area contributed by atoms with E-state index >= 15 is 0 Å². The zero-order chi connectivity index (χ0) is 10.9. The van der Waals surface area contributed by atoms with Crippen LogP contribution in [0.15, 0.2) is 0 Å². The fourth-order valence-electron chi connectivity index (χ4n) is 1.63. The lowest BCUT2D eigenvalue weighted by Crippen LogP contribution is -2.35. The summed E-state index contributed by atoms with van der Waals surface area (Å²) in [4.78, 5) is 0. The van der Waals surface area contributed by atoms with Crippen molar-refractivity contribution in [2.24, 2.45) is 0 Å². The molecule has 0 amide bonds. The second-order valence-electron chi connectivity index (χ2n) is 4.09. The van der Waals surface area contributed by atoms with Gasteiger partial charge in [-0.1, -0.05) is 0 Å². The summed E-state index contributed by atoms with van der Waals surface area (Å²) in [5.74, 6) is 0. The van der Waals surface area contributed by atoms with Crippen LogP contribution in [-0.4, -0.2) is 52.1 Å². The molecule has 0 aromatic heterocycles. The van der Waals surface area contributed by atoms with Gasteiger partial charge in [0.2, 0.25) is 0 Å². The van der Waals surface area contributed by atoms with Gasteiger partial charge in [-0.2, -0.15) is 0 Å². The van der Waals surface area contributed by atoms with Gasteiger partial charge in [-0.15, -0.1) is 0 Å². The molecule has 2 N–H and O–H groups in total. The molecule has 1 aliphatic heterocycles. The molecule has 1 aliphatic rings. The summed E-state index contributed by atoms with van der Waals surface area (Å²) >= 11 is 0. The van der Waals surface area contributed by atoms with Crippen molar-refractivity contribution in [2.75, 3.05) is 39.9 Å². The lowest BCUT2D eigenvalue weighted by Gasteiger charge is -2.12. The molecule has 0 aliphatic carbocycles. The Balaban J connectivity index is 1.80. The summed E-state index contributed by atoms with van der Waals surface area (Å²) < 4.78 is 10.6. The van der Waals surface area contributed by atoms with E-state index in [0.717, 1.165) is 32.8 Å². The van der Waals surface area contributed by atoms with Crippen LogP contribution in [-0.2, 0) is 9.47 Å². The zero-order valence-corrected chi connectivity index (χ0v) is 9.92. The van der Waals surface area contributed by atoms with Crippen molar-refractivity contribution < 1.29 is 9.47 Å². The molecule has 0 saturated carbocycles. The Hall–Kier alpha value is -0.160. The molecule has 4 heteroatoms. The van der Waals surface area contributed by atoms with E-state index < -0.39 is 0 Å². The molecule has 2 atom stereocenters. The van der Waals surface area contributed by atoms with Gasteiger partial charge in [0, 0.05) is 39.9 Å². The van der Waals surface area contributed by atoms with Crippen molar-refractivity contribution in [2.45, 2.75) is 32.0 Å². The van der Waals surface area contributed by atoms with E-state index in [1.807, 2.05) is 0 Å². The SMILES string of the molecule is COC(C)CNCCNCC1CCCO1. The van der Waals surface area contributed by atoms with E-state index in [-0.39, 0.29) is 0 Å². The lowest BCUT2D eigenvalue weighted by atomic mass is 10.2. The van der Waals surface area contributed by atoms with Crippen molar-refractivity contribution in [3.63, 3.8) is 0 Å². The van der Waals surface area contributed by atoms with Gasteiger partial charge in [-0.05, 0) is 19.8 Å². The van der Waals surface area contributed by atoms with Crippen LogP contribution in [0.4, 0.5) is 0 Å². The van der Waals surface area contributed by atoms with Crippen LogP contribution < -0.4 is 10.6 Å². The maximum Gasteiger partial charge on any atom is 0.0700 e. The van der Waals surface area contributed by atoms with E-state index in [4.69, 9.17) is 9.47 Å². The summed E-state index contributed by atoms with van der Waals surface area (Å²) in [6.45, 7) is 6.89. The first-order valence-corrected chi connectivity index (χ1v) is 5.88. The summed E-state index contributed by atoms with van der Waals surface area (Å²) in [7, 11) is 1.74. The quantitative estimate of drug-likeness (QED) is 0.576. The number of nitrogens with one attached hydrogen (secondary N) is 2. The van der Waals surface area contributed by atoms with Crippen LogP contribution in [0.1, 0.15) is 19.8 Å². The molecule has 0 aromatic rings. The molecular formula is C11H24N2O2. The van der Waals surface area contributed by atoms with Crippen LogP contribution in [0.2, 0.25) is 0 Å². The van der Waals surface area contributed by atoms with Gasteiger partial charge in [0.15, 0.2) is 0 Å². The van der Waals surface area contributed by atoms with E-state index in [1.165, 1.54) is 12.8 Å².